The number of halogens is 2. The van der Waals surface area contributed by atoms with Crippen molar-refractivity contribution in [2.24, 2.45) is 5.92 Å². The summed E-state index contributed by atoms with van der Waals surface area (Å²) >= 11 is 0. The van der Waals surface area contributed by atoms with E-state index in [2.05, 4.69) is 5.32 Å². The van der Waals surface area contributed by atoms with Gasteiger partial charge >= 0.3 is 5.97 Å². The van der Waals surface area contributed by atoms with Crippen molar-refractivity contribution in [1.29, 1.82) is 0 Å². The van der Waals surface area contributed by atoms with Crippen molar-refractivity contribution < 1.29 is 23.5 Å². The molecule has 2 saturated carbocycles. The van der Waals surface area contributed by atoms with Crippen LogP contribution >= 0.6 is 0 Å². The van der Waals surface area contributed by atoms with Crippen LogP contribution in [0, 0.1) is 5.92 Å². The van der Waals surface area contributed by atoms with Crippen LogP contribution in [0.1, 0.15) is 64.2 Å². The molecule has 4 nitrogen and oxygen atoms in total. The summed E-state index contributed by atoms with van der Waals surface area (Å²) < 4.78 is 26.3. The summed E-state index contributed by atoms with van der Waals surface area (Å²) in [5.41, 5.74) is -1.20. The molecule has 2 rings (SSSR count). The third kappa shape index (κ3) is 3.92. The van der Waals surface area contributed by atoms with E-state index in [-0.39, 0.29) is 31.6 Å². The van der Waals surface area contributed by atoms with Gasteiger partial charge < -0.3 is 10.4 Å². The molecule has 0 aliphatic heterocycles. The number of nitrogens with one attached hydrogen (secondary N) is 1. The van der Waals surface area contributed by atoms with Crippen molar-refractivity contribution in [2.75, 3.05) is 0 Å². The van der Waals surface area contributed by atoms with Gasteiger partial charge in [-0.3, -0.25) is 4.79 Å². The highest BCUT2D eigenvalue weighted by Crippen LogP contribution is 2.37. The molecule has 2 aliphatic rings. The summed E-state index contributed by atoms with van der Waals surface area (Å²) in [5, 5.41) is 12.2. The molecule has 0 saturated heterocycles. The molecule has 0 spiro atoms. The van der Waals surface area contributed by atoms with Crippen molar-refractivity contribution in [3.05, 3.63) is 0 Å². The predicted octanol–water partition coefficient (Wildman–Crippen LogP) is 3.11. The van der Waals surface area contributed by atoms with Crippen LogP contribution in [-0.2, 0) is 9.59 Å². The molecule has 120 valence electrons. The second-order valence-corrected chi connectivity index (χ2v) is 6.42. The smallest absolute Gasteiger partial charge is 0.329 e. The molecule has 21 heavy (non-hydrogen) atoms. The van der Waals surface area contributed by atoms with Gasteiger partial charge in [-0.15, -0.1) is 0 Å². The van der Waals surface area contributed by atoms with E-state index in [1.807, 2.05) is 0 Å². The Labute approximate surface area is 123 Å². The van der Waals surface area contributed by atoms with Crippen molar-refractivity contribution in [2.45, 2.75) is 75.7 Å². The van der Waals surface area contributed by atoms with Crippen LogP contribution in [0.5, 0.6) is 0 Å². The molecule has 2 fully saturated rings. The quantitative estimate of drug-likeness (QED) is 0.787. The van der Waals surface area contributed by atoms with Crippen molar-refractivity contribution >= 4 is 11.9 Å². The minimum atomic E-state index is -2.68. The highest BCUT2D eigenvalue weighted by molar-refractivity contribution is 5.88. The first kappa shape index (κ1) is 16.2. The molecule has 0 heterocycles. The third-order valence-electron chi connectivity index (χ3n) is 4.82. The zero-order valence-electron chi connectivity index (χ0n) is 12.2. The Morgan fingerprint density at radius 1 is 0.952 bits per heavy atom. The lowest BCUT2D eigenvalue weighted by Gasteiger charge is -2.33. The molecule has 0 bridgehead atoms. The molecule has 2 aliphatic carbocycles. The Hall–Kier alpha value is -1.20. The van der Waals surface area contributed by atoms with Crippen molar-refractivity contribution in [3.8, 4) is 0 Å². The molecule has 0 radical (unpaired) electrons. The Kier molecular flexibility index (Phi) is 4.84. The summed E-state index contributed by atoms with van der Waals surface area (Å²) in [6.07, 6.45) is 4.04. The number of aliphatic carboxylic acids is 1. The monoisotopic (exact) mass is 303 g/mol. The van der Waals surface area contributed by atoms with E-state index in [0.717, 1.165) is 25.7 Å². The maximum Gasteiger partial charge on any atom is 0.329 e. The maximum absolute atomic E-state index is 13.1. The van der Waals surface area contributed by atoms with Gasteiger partial charge in [-0.1, -0.05) is 25.7 Å². The van der Waals surface area contributed by atoms with Crippen LogP contribution in [-0.4, -0.2) is 28.4 Å². The number of amides is 1. The largest absolute Gasteiger partial charge is 0.480 e. The van der Waals surface area contributed by atoms with Gasteiger partial charge in [-0.2, -0.15) is 0 Å². The Morgan fingerprint density at radius 3 is 1.95 bits per heavy atom. The number of carbonyl (C=O) groups excluding carboxylic acids is 1. The summed E-state index contributed by atoms with van der Waals surface area (Å²) in [6.45, 7) is 0. The van der Waals surface area contributed by atoms with Gasteiger partial charge in [0.25, 0.3) is 0 Å². The van der Waals surface area contributed by atoms with Gasteiger partial charge in [0.15, 0.2) is 0 Å². The first-order valence-electron chi connectivity index (χ1n) is 7.78. The van der Waals surface area contributed by atoms with E-state index in [1.54, 1.807) is 0 Å². The summed E-state index contributed by atoms with van der Waals surface area (Å²) in [4.78, 5) is 23.9. The first-order valence-corrected chi connectivity index (χ1v) is 7.78. The Bertz CT molecular complexity index is 394. The standard InChI is InChI=1S/C15H23F2NO3/c16-15(17)9-5-11(6-10-15)12(19)18-14(13(20)21)7-3-1-2-4-8-14/h11H,1-10H2,(H,18,19)(H,20,21). The van der Waals surface area contributed by atoms with Gasteiger partial charge in [0.1, 0.15) is 5.54 Å². The van der Waals surface area contributed by atoms with Gasteiger partial charge in [-0.25, -0.2) is 13.6 Å². The average Bonchev–Trinajstić information content (AvgIpc) is 2.65. The molecular formula is C15H23F2NO3. The average molecular weight is 303 g/mol. The molecule has 1 amide bonds. The van der Waals surface area contributed by atoms with Gasteiger partial charge in [0.05, 0.1) is 0 Å². The zero-order chi connectivity index (χ0) is 15.5. The minimum absolute atomic E-state index is 0.133. The maximum atomic E-state index is 13.1. The number of hydrogen-bond donors (Lipinski definition) is 2. The van der Waals surface area contributed by atoms with E-state index >= 15 is 0 Å². The molecule has 0 atom stereocenters. The van der Waals surface area contributed by atoms with Crippen LogP contribution in [0.3, 0.4) is 0 Å². The lowest BCUT2D eigenvalue weighted by Crippen LogP contribution is -2.56. The molecule has 6 heteroatoms. The van der Waals surface area contributed by atoms with Gasteiger partial charge in [0, 0.05) is 18.8 Å². The summed E-state index contributed by atoms with van der Waals surface area (Å²) in [6, 6.07) is 0. The molecule has 0 aromatic rings. The van der Waals surface area contributed by atoms with E-state index in [1.165, 1.54) is 0 Å². The van der Waals surface area contributed by atoms with E-state index < -0.39 is 23.3 Å². The van der Waals surface area contributed by atoms with E-state index in [4.69, 9.17) is 0 Å². The third-order valence-corrected chi connectivity index (χ3v) is 4.82. The second kappa shape index (κ2) is 6.28. The molecular weight excluding hydrogens is 280 g/mol. The van der Waals surface area contributed by atoms with Gasteiger partial charge in [-0.05, 0) is 25.7 Å². The lowest BCUT2D eigenvalue weighted by molar-refractivity contribution is -0.150. The fourth-order valence-corrected chi connectivity index (χ4v) is 3.36. The van der Waals surface area contributed by atoms with E-state index in [9.17, 15) is 23.5 Å². The highest BCUT2D eigenvalue weighted by atomic mass is 19.3. The van der Waals surface area contributed by atoms with Crippen molar-refractivity contribution in [3.63, 3.8) is 0 Å². The second-order valence-electron chi connectivity index (χ2n) is 6.42. The Morgan fingerprint density at radius 2 is 1.48 bits per heavy atom. The van der Waals surface area contributed by atoms with Crippen LogP contribution < -0.4 is 5.32 Å². The predicted molar refractivity (Wildman–Crippen MR) is 73.1 cm³/mol. The minimum Gasteiger partial charge on any atom is -0.480 e. The number of alkyl halides is 2. The fourth-order valence-electron chi connectivity index (χ4n) is 3.36. The van der Waals surface area contributed by atoms with Gasteiger partial charge in [0.2, 0.25) is 11.8 Å². The molecule has 0 aromatic heterocycles. The molecule has 0 unspecified atom stereocenters. The number of carbonyl (C=O) groups is 2. The summed E-state index contributed by atoms with van der Waals surface area (Å²) in [5.74, 6) is -4.53. The first-order chi connectivity index (χ1) is 9.85. The van der Waals surface area contributed by atoms with Crippen LogP contribution in [0.15, 0.2) is 0 Å². The van der Waals surface area contributed by atoms with Crippen LogP contribution in [0.4, 0.5) is 8.78 Å². The normalized spacial score (nSPS) is 25.8. The van der Waals surface area contributed by atoms with Crippen LogP contribution in [0.25, 0.3) is 0 Å². The highest BCUT2D eigenvalue weighted by Gasteiger charge is 2.43. The van der Waals surface area contributed by atoms with Crippen LogP contribution in [0.2, 0.25) is 0 Å². The molecule has 0 aromatic carbocycles. The Balaban J connectivity index is 2.00. The number of rotatable bonds is 3. The lowest BCUT2D eigenvalue weighted by atomic mass is 9.84. The molecule has 2 N–H and O–H groups in total. The van der Waals surface area contributed by atoms with E-state index in [0.29, 0.717) is 12.8 Å². The number of carboxylic acid groups (broad SMARTS) is 1. The number of hydrogen-bond acceptors (Lipinski definition) is 2. The summed E-state index contributed by atoms with van der Waals surface area (Å²) in [7, 11) is 0. The fraction of sp³-hybridized carbons (Fsp3) is 0.867. The topological polar surface area (TPSA) is 66.4 Å². The zero-order valence-corrected chi connectivity index (χ0v) is 12.2. The number of carboxylic acids is 1. The SMILES string of the molecule is O=C(NC1(C(=O)O)CCCCCC1)C1CCC(F)(F)CC1. The van der Waals surface area contributed by atoms with Crippen molar-refractivity contribution in [1.82, 2.24) is 5.32 Å².